The largest absolute Gasteiger partial charge is 0.391 e. The molecule has 4 rings (SSSR count). The number of carbonyl (C=O) groups excluding carboxylic acids is 1. The number of carbonyl (C=O) groups is 1. The highest BCUT2D eigenvalue weighted by atomic mass is 16.5. The van der Waals surface area contributed by atoms with Crippen LogP contribution < -0.4 is 16.0 Å². The predicted molar refractivity (Wildman–Crippen MR) is 162 cm³/mol. The number of benzene rings is 2. The lowest BCUT2D eigenvalue weighted by Crippen LogP contribution is -2.38. The van der Waals surface area contributed by atoms with Gasteiger partial charge in [-0.2, -0.15) is 0 Å². The topological polar surface area (TPSA) is 70.8 Å². The van der Waals surface area contributed by atoms with Gasteiger partial charge in [0.25, 0.3) is 0 Å². The van der Waals surface area contributed by atoms with Gasteiger partial charge in [0.2, 0.25) is 5.91 Å². The lowest BCUT2D eigenvalue weighted by molar-refractivity contribution is -0.114. The fourth-order valence-electron chi connectivity index (χ4n) is 6.11. The number of hydrogen-bond acceptors (Lipinski definition) is 5. The number of nitrogens with one attached hydrogen (secondary N) is 1. The first-order chi connectivity index (χ1) is 18.9. The highest BCUT2D eigenvalue weighted by molar-refractivity contribution is 5.93. The minimum absolute atomic E-state index is 0.363. The summed E-state index contributed by atoms with van der Waals surface area (Å²) in [4.78, 5) is 17.6. The SMILES string of the molecule is CCCN(c1cc(-c2ccc(CN3CCOCC3)cc2)cc(C/C(C(N)=O)=C(\C)NC)c1C)C1CCCCC1. The molecular formula is C33H48N4O2. The van der Waals surface area contributed by atoms with E-state index >= 15 is 0 Å². The second-order valence-corrected chi connectivity index (χ2v) is 11.2. The van der Waals surface area contributed by atoms with Crippen LogP contribution in [0.25, 0.3) is 11.1 Å². The molecule has 1 aliphatic carbocycles. The van der Waals surface area contributed by atoms with E-state index in [0.717, 1.165) is 51.5 Å². The smallest absolute Gasteiger partial charge is 0.246 e. The van der Waals surface area contributed by atoms with Crippen molar-refractivity contribution in [3.63, 3.8) is 0 Å². The lowest BCUT2D eigenvalue weighted by Gasteiger charge is -2.38. The summed E-state index contributed by atoms with van der Waals surface area (Å²) in [5.41, 5.74) is 14.8. The number of primary amides is 1. The number of nitrogens with zero attached hydrogens (tertiary/aromatic N) is 2. The predicted octanol–water partition coefficient (Wildman–Crippen LogP) is 5.56. The molecule has 1 aliphatic heterocycles. The Kier molecular flexibility index (Phi) is 10.5. The molecule has 1 saturated heterocycles. The summed E-state index contributed by atoms with van der Waals surface area (Å²) < 4.78 is 5.51. The molecule has 1 heterocycles. The molecule has 2 aromatic carbocycles. The second kappa shape index (κ2) is 14.0. The van der Waals surface area contributed by atoms with Crippen LogP contribution in [0.3, 0.4) is 0 Å². The summed E-state index contributed by atoms with van der Waals surface area (Å²) >= 11 is 0. The molecule has 0 spiro atoms. The molecule has 0 atom stereocenters. The Morgan fingerprint density at radius 2 is 1.77 bits per heavy atom. The molecule has 0 bridgehead atoms. The second-order valence-electron chi connectivity index (χ2n) is 11.2. The molecule has 6 nitrogen and oxygen atoms in total. The van der Waals surface area contributed by atoms with Crippen LogP contribution in [-0.2, 0) is 22.5 Å². The first-order valence-electron chi connectivity index (χ1n) is 14.9. The van der Waals surface area contributed by atoms with Gasteiger partial charge >= 0.3 is 0 Å². The highest BCUT2D eigenvalue weighted by Gasteiger charge is 2.24. The van der Waals surface area contributed by atoms with Crippen molar-refractivity contribution in [2.45, 2.75) is 78.3 Å². The van der Waals surface area contributed by atoms with Gasteiger partial charge in [0.1, 0.15) is 0 Å². The van der Waals surface area contributed by atoms with Crippen molar-refractivity contribution >= 4 is 11.6 Å². The van der Waals surface area contributed by atoms with Crippen LogP contribution in [0, 0.1) is 6.92 Å². The molecule has 3 N–H and O–H groups in total. The summed E-state index contributed by atoms with van der Waals surface area (Å²) in [6.45, 7) is 12.0. The number of nitrogens with two attached hydrogens (primary N) is 1. The van der Waals surface area contributed by atoms with Gasteiger partial charge in [-0.1, -0.05) is 56.5 Å². The first-order valence-corrected chi connectivity index (χ1v) is 14.9. The molecule has 1 amide bonds. The minimum atomic E-state index is -0.363. The zero-order chi connectivity index (χ0) is 27.8. The van der Waals surface area contributed by atoms with Crippen LogP contribution in [0.4, 0.5) is 5.69 Å². The number of anilines is 1. The quantitative estimate of drug-likeness (QED) is 0.371. The van der Waals surface area contributed by atoms with Gasteiger partial charge < -0.3 is 20.7 Å². The van der Waals surface area contributed by atoms with Crippen molar-refractivity contribution < 1.29 is 9.53 Å². The molecule has 2 aliphatic rings. The van der Waals surface area contributed by atoms with Gasteiger partial charge in [-0.05, 0) is 67.0 Å². The molecule has 0 radical (unpaired) electrons. The zero-order valence-corrected chi connectivity index (χ0v) is 24.5. The monoisotopic (exact) mass is 532 g/mol. The maximum atomic E-state index is 12.4. The van der Waals surface area contributed by atoms with Crippen LogP contribution >= 0.6 is 0 Å². The maximum Gasteiger partial charge on any atom is 0.246 e. The van der Waals surface area contributed by atoms with Crippen molar-refractivity contribution in [1.82, 2.24) is 10.2 Å². The molecule has 1 saturated carbocycles. The fourth-order valence-corrected chi connectivity index (χ4v) is 6.11. The fraction of sp³-hybridized carbons (Fsp3) is 0.545. The molecule has 0 unspecified atom stereocenters. The summed E-state index contributed by atoms with van der Waals surface area (Å²) in [5, 5.41) is 3.14. The van der Waals surface area contributed by atoms with Gasteiger partial charge in [0.15, 0.2) is 0 Å². The van der Waals surface area contributed by atoms with Crippen LogP contribution in [0.2, 0.25) is 0 Å². The van der Waals surface area contributed by atoms with Gasteiger partial charge in [0, 0.05) is 62.6 Å². The molecule has 2 fully saturated rings. The van der Waals surface area contributed by atoms with Crippen LogP contribution in [0.5, 0.6) is 0 Å². The Labute approximate surface area is 235 Å². The van der Waals surface area contributed by atoms with Crippen LogP contribution in [0.15, 0.2) is 47.7 Å². The van der Waals surface area contributed by atoms with Gasteiger partial charge in [0.05, 0.1) is 13.2 Å². The molecular weight excluding hydrogens is 484 g/mol. The molecule has 212 valence electrons. The van der Waals surface area contributed by atoms with E-state index < -0.39 is 0 Å². The van der Waals surface area contributed by atoms with E-state index in [2.05, 4.69) is 65.4 Å². The number of ether oxygens (including phenoxy) is 1. The normalized spacial score (nSPS) is 17.5. The average Bonchev–Trinajstić information content (AvgIpc) is 2.96. The number of amides is 1. The van der Waals surface area contributed by atoms with E-state index in [1.165, 1.54) is 65.6 Å². The molecule has 2 aromatic rings. The Balaban J connectivity index is 1.73. The van der Waals surface area contributed by atoms with E-state index in [-0.39, 0.29) is 5.91 Å². The highest BCUT2D eigenvalue weighted by Crippen LogP contribution is 2.36. The Morgan fingerprint density at radius 1 is 1.08 bits per heavy atom. The van der Waals surface area contributed by atoms with Crippen molar-refractivity contribution in [2.24, 2.45) is 5.73 Å². The summed E-state index contributed by atoms with van der Waals surface area (Å²) in [6, 6.07) is 14.3. The van der Waals surface area contributed by atoms with Gasteiger partial charge in [-0.3, -0.25) is 9.69 Å². The summed E-state index contributed by atoms with van der Waals surface area (Å²) in [6.07, 6.45) is 8.08. The average molecular weight is 533 g/mol. The van der Waals surface area contributed by atoms with Crippen molar-refractivity contribution in [1.29, 1.82) is 0 Å². The first kappa shape index (κ1) is 29.2. The Morgan fingerprint density at radius 3 is 2.38 bits per heavy atom. The lowest BCUT2D eigenvalue weighted by atomic mass is 9.89. The zero-order valence-electron chi connectivity index (χ0n) is 24.5. The number of allylic oxidation sites excluding steroid dienone is 1. The number of hydrogen-bond donors (Lipinski definition) is 2. The van der Waals surface area contributed by atoms with E-state index in [1.807, 2.05) is 14.0 Å². The van der Waals surface area contributed by atoms with E-state index in [4.69, 9.17) is 10.5 Å². The molecule has 0 aromatic heterocycles. The third-order valence-electron chi connectivity index (χ3n) is 8.57. The standard InChI is InChI=1S/C33H48N4O2/c1-5-15-37(30-9-7-6-8-10-30)32-22-29(20-28(24(32)2)21-31(33(34)38)25(3)35-4)27-13-11-26(12-14-27)23-36-16-18-39-19-17-36/h11-14,20,22,30,35H,5-10,15-19,21,23H2,1-4H3,(H2,34,38)/b31-25-. The number of morpholine rings is 1. The maximum absolute atomic E-state index is 12.4. The van der Waals surface area contributed by atoms with E-state index in [0.29, 0.717) is 18.0 Å². The van der Waals surface area contributed by atoms with Crippen LogP contribution in [-0.4, -0.2) is 56.7 Å². The van der Waals surface area contributed by atoms with Crippen LogP contribution in [0.1, 0.15) is 69.1 Å². The Bertz CT molecular complexity index is 1130. The van der Waals surface area contributed by atoms with Gasteiger partial charge in [-0.15, -0.1) is 0 Å². The minimum Gasteiger partial charge on any atom is -0.391 e. The third-order valence-corrected chi connectivity index (χ3v) is 8.57. The van der Waals surface area contributed by atoms with Gasteiger partial charge in [-0.25, -0.2) is 0 Å². The summed E-state index contributed by atoms with van der Waals surface area (Å²) in [7, 11) is 1.84. The molecule has 6 heteroatoms. The third kappa shape index (κ3) is 7.43. The Hall–Kier alpha value is -2.83. The van der Waals surface area contributed by atoms with Crippen molar-refractivity contribution in [3.8, 4) is 11.1 Å². The van der Waals surface area contributed by atoms with Crippen molar-refractivity contribution in [2.75, 3.05) is 44.8 Å². The van der Waals surface area contributed by atoms with Crippen molar-refractivity contribution in [3.05, 3.63) is 64.4 Å². The number of rotatable bonds is 11. The van der Waals surface area contributed by atoms with E-state index in [9.17, 15) is 4.79 Å². The van der Waals surface area contributed by atoms with E-state index in [1.54, 1.807) is 0 Å². The molecule has 39 heavy (non-hydrogen) atoms. The summed E-state index contributed by atoms with van der Waals surface area (Å²) in [5.74, 6) is -0.363.